The van der Waals surface area contributed by atoms with Crippen LogP contribution in [-0.2, 0) is 0 Å². The maximum absolute atomic E-state index is 11.1. The van der Waals surface area contributed by atoms with E-state index in [9.17, 15) is 5.11 Å². The van der Waals surface area contributed by atoms with Crippen LogP contribution in [0, 0.1) is 34.5 Å². The first-order chi connectivity index (χ1) is 9.06. The van der Waals surface area contributed by atoms with Crippen molar-refractivity contribution < 1.29 is 5.11 Å². The van der Waals surface area contributed by atoms with Gasteiger partial charge in [0.15, 0.2) is 0 Å². The Balaban J connectivity index is 3.08. The predicted molar refractivity (Wildman–Crippen MR) is 88.7 cm³/mol. The minimum Gasteiger partial charge on any atom is -0.393 e. The number of aliphatic hydroxyl groups is 1. The average molecular weight is 283 g/mol. The third-order valence-corrected chi connectivity index (χ3v) is 6.71. The summed E-state index contributed by atoms with van der Waals surface area (Å²) in [4.78, 5) is 0. The van der Waals surface area contributed by atoms with Crippen molar-refractivity contribution in [1.82, 2.24) is 0 Å². The van der Waals surface area contributed by atoms with Gasteiger partial charge in [-0.3, -0.25) is 0 Å². The SMILES string of the molecule is CCC(C)(C)C1CC(C(C)C)CC(C(C)(C)CC)C1O. The molecular formula is C19H38O. The van der Waals surface area contributed by atoms with Gasteiger partial charge in [0.25, 0.3) is 0 Å². The van der Waals surface area contributed by atoms with Gasteiger partial charge in [-0.25, -0.2) is 0 Å². The van der Waals surface area contributed by atoms with Crippen molar-refractivity contribution in [3.8, 4) is 0 Å². The maximum atomic E-state index is 11.1. The quantitative estimate of drug-likeness (QED) is 0.704. The molecule has 0 aliphatic heterocycles. The molecule has 1 saturated carbocycles. The molecule has 1 nitrogen and oxygen atoms in total. The van der Waals surface area contributed by atoms with Gasteiger partial charge in [0.2, 0.25) is 0 Å². The monoisotopic (exact) mass is 282 g/mol. The van der Waals surface area contributed by atoms with Crippen molar-refractivity contribution in [2.75, 3.05) is 0 Å². The van der Waals surface area contributed by atoms with Gasteiger partial charge in [0, 0.05) is 0 Å². The van der Waals surface area contributed by atoms with E-state index in [2.05, 4.69) is 55.4 Å². The van der Waals surface area contributed by atoms with Gasteiger partial charge in [-0.2, -0.15) is 0 Å². The molecule has 0 bridgehead atoms. The maximum Gasteiger partial charge on any atom is 0.0606 e. The molecule has 0 aromatic heterocycles. The zero-order valence-electron chi connectivity index (χ0n) is 15.2. The summed E-state index contributed by atoms with van der Waals surface area (Å²) < 4.78 is 0. The fourth-order valence-corrected chi connectivity index (χ4v) is 3.94. The highest BCUT2D eigenvalue weighted by Crippen LogP contribution is 2.51. The van der Waals surface area contributed by atoms with E-state index in [0.29, 0.717) is 11.8 Å². The second-order valence-corrected chi connectivity index (χ2v) is 8.86. The van der Waals surface area contributed by atoms with Gasteiger partial charge in [-0.1, -0.05) is 68.2 Å². The molecule has 0 aromatic rings. The zero-order chi connectivity index (χ0) is 15.7. The minimum atomic E-state index is -0.130. The Morgan fingerprint density at radius 2 is 1.25 bits per heavy atom. The van der Waals surface area contributed by atoms with Crippen molar-refractivity contribution in [2.45, 2.75) is 87.2 Å². The molecule has 1 aliphatic carbocycles. The lowest BCUT2D eigenvalue weighted by Crippen LogP contribution is -2.49. The Hall–Kier alpha value is -0.0400. The summed E-state index contributed by atoms with van der Waals surface area (Å²) in [6.45, 7) is 18.6. The van der Waals surface area contributed by atoms with Gasteiger partial charge in [0.1, 0.15) is 0 Å². The topological polar surface area (TPSA) is 20.2 Å². The smallest absolute Gasteiger partial charge is 0.0606 e. The standard InChI is InChI=1S/C19H38O/c1-9-18(5,6)15-11-14(13(3)4)12-16(17(15)20)19(7,8)10-2/h13-17,20H,9-12H2,1-8H3. The lowest BCUT2D eigenvalue weighted by Gasteiger charge is -2.51. The molecule has 0 aromatic carbocycles. The van der Waals surface area contributed by atoms with Crippen LogP contribution >= 0.6 is 0 Å². The summed E-state index contributed by atoms with van der Waals surface area (Å²) in [5.74, 6) is 2.40. The van der Waals surface area contributed by atoms with E-state index in [1.165, 1.54) is 12.8 Å². The highest BCUT2D eigenvalue weighted by Gasteiger charge is 2.47. The fraction of sp³-hybridized carbons (Fsp3) is 1.00. The molecule has 1 rings (SSSR count). The van der Waals surface area contributed by atoms with Crippen LogP contribution in [0.3, 0.4) is 0 Å². The molecule has 2 unspecified atom stereocenters. The molecule has 0 spiro atoms. The van der Waals surface area contributed by atoms with E-state index in [0.717, 1.165) is 24.7 Å². The molecular weight excluding hydrogens is 244 g/mol. The van der Waals surface area contributed by atoms with Crippen molar-refractivity contribution in [1.29, 1.82) is 0 Å². The lowest BCUT2D eigenvalue weighted by atomic mass is 9.55. The Morgan fingerprint density at radius 1 is 0.900 bits per heavy atom. The number of aliphatic hydroxyl groups excluding tert-OH is 1. The first-order valence-corrected chi connectivity index (χ1v) is 8.74. The Morgan fingerprint density at radius 3 is 1.50 bits per heavy atom. The van der Waals surface area contributed by atoms with Crippen LogP contribution in [0.25, 0.3) is 0 Å². The van der Waals surface area contributed by atoms with Crippen molar-refractivity contribution >= 4 is 0 Å². The molecule has 2 atom stereocenters. The molecule has 1 aliphatic rings. The molecule has 1 fully saturated rings. The van der Waals surface area contributed by atoms with Gasteiger partial charge < -0.3 is 5.11 Å². The van der Waals surface area contributed by atoms with Crippen molar-refractivity contribution in [3.05, 3.63) is 0 Å². The average Bonchev–Trinajstić information content (AvgIpc) is 2.38. The molecule has 0 radical (unpaired) electrons. The molecule has 1 heteroatoms. The van der Waals surface area contributed by atoms with E-state index in [1.807, 2.05) is 0 Å². The van der Waals surface area contributed by atoms with Crippen LogP contribution in [-0.4, -0.2) is 11.2 Å². The summed E-state index contributed by atoms with van der Waals surface area (Å²) in [5.41, 5.74) is 0.490. The van der Waals surface area contributed by atoms with Crippen LogP contribution in [0.1, 0.15) is 81.1 Å². The first-order valence-electron chi connectivity index (χ1n) is 8.74. The summed E-state index contributed by atoms with van der Waals surface area (Å²) in [7, 11) is 0. The van der Waals surface area contributed by atoms with Crippen molar-refractivity contribution in [3.63, 3.8) is 0 Å². The van der Waals surface area contributed by atoms with E-state index in [-0.39, 0.29) is 16.9 Å². The van der Waals surface area contributed by atoms with Crippen LogP contribution < -0.4 is 0 Å². The van der Waals surface area contributed by atoms with Gasteiger partial charge in [-0.15, -0.1) is 0 Å². The molecule has 1 N–H and O–H groups in total. The summed E-state index contributed by atoms with van der Waals surface area (Å²) >= 11 is 0. The molecule has 0 saturated heterocycles. The molecule has 0 amide bonds. The summed E-state index contributed by atoms with van der Waals surface area (Å²) in [6.07, 6.45) is 4.58. The Kier molecular flexibility index (Phi) is 5.75. The third kappa shape index (κ3) is 3.59. The summed E-state index contributed by atoms with van der Waals surface area (Å²) in [5, 5.41) is 11.1. The fourth-order valence-electron chi connectivity index (χ4n) is 3.94. The second-order valence-electron chi connectivity index (χ2n) is 8.86. The number of hydrogen-bond acceptors (Lipinski definition) is 1. The Labute approximate surface area is 127 Å². The minimum absolute atomic E-state index is 0.130. The van der Waals surface area contributed by atoms with E-state index in [1.54, 1.807) is 0 Å². The van der Waals surface area contributed by atoms with Crippen LogP contribution in [0.5, 0.6) is 0 Å². The van der Waals surface area contributed by atoms with E-state index < -0.39 is 0 Å². The molecule has 120 valence electrons. The van der Waals surface area contributed by atoms with Gasteiger partial charge in [0.05, 0.1) is 6.10 Å². The Bertz CT molecular complexity index is 277. The van der Waals surface area contributed by atoms with Crippen LogP contribution in [0.4, 0.5) is 0 Å². The van der Waals surface area contributed by atoms with E-state index in [4.69, 9.17) is 0 Å². The highest BCUT2D eigenvalue weighted by atomic mass is 16.3. The van der Waals surface area contributed by atoms with Gasteiger partial charge in [-0.05, 0) is 47.3 Å². The third-order valence-electron chi connectivity index (χ3n) is 6.71. The van der Waals surface area contributed by atoms with Crippen LogP contribution in [0.15, 0.2) is 0 Å². The molecule has 0 heterocycles. The normalized spacial score (nSPS) is 32.7. The van der Waals surface area contributed by atoms with Gasteiger partial charge >= 0.3 is 0 Å². The summed E-state index contributed by atoms with van der Waals surface area (Å²) in [6, 6.07) is 0. The number of rotatable bonds is 5. The van der Waals surface area contributed by atoms with Crippen LogP contribution in [0.2, 0.25) is 0 Å². The van der Waals surface area contributed by atoms with Crippen molar-refractivity contribution in [2.24, 2.45) is 34.5 Å². The highest BCUT2D eigenvalue weighted by molar-refractivity contribution is 4.97. The second kappa shape index (κ2) is 6.38. The van der Waals surface area contributed by atoms with E-state index >= 15 is 0 Å². The largest absolute Gasteiger partial charge is 0.393 e. The lowest BCUT2D eigenvalue weighted by molar-refractivity contribution is -0.0991. The zero-order valence-corrected chi connectivity index (χ0v) is 15.2. The molecule has 20 heavy (non-hydrogen) atoms. The first kappa shape index (κ1) is 18.0. The number of hydrogen-bond donors (Lipinski definition) is 1. The predicted octanol–water partition coefficient (Wildman–Crippen LogP) is 5.52.